The van der Waals surface area contributed by atoms with Gasteiger partial charge in [-0.2, -0.15) is 0 Å². The largest absolute Gasteiger partial charge is 0.444 e. The van der Waals surface area contributed by atoms with Gasteiger partial charge in [-0.15, -0.1) is 0 Å². The zero-order valence-corrected chi connectivity index (χ0v) is 23.2. The van der Waals surface area contributed by atoms with Gasteiger partial charge in [0.2, 0.25) is 5.91 Å². The summed E-state index contributed by atoms with van der Waals surface area (Å²) in [4.78, 5) is 33.3. The maximum Gasteiger partial charge on any atom is 0.408 e. The lowest BCUT2D eigenvalue weighted by Crippen LogP contribution is -2.54. The summed E-state index contributed by atoms with van der Waals surface area (Å²) in [6.07, 6.45) is 5.33. The number of hydrogen-bond donors (Lipinski definition) is 1. The molecule has 1 aliphatic rings. The molecule has 0 saturated heterocycles. The van der Waals surface area contributed by atoms with Crippen LogP contribution in [0.2, 0.25) is 0 Å². The summed E-state index contributed by atoms with van der Waals surface area (Å²) in [5, 5.41) is 2.83. The summed E-state index contributed by atoms with van der Waals surface area (Å²) in [5.74, 6) is 1.73. The number of alkyl carbamates (subject to hydrolysis) is 1. The molecule has 1 N–H and O–H groups in total. The molecule has 1 aromatic carbocycles. The van der Waals surface area contributed by atoms with Gasteiger partial charge in [-0.05, 0) is 39.4 Å². The van der Waals surface area contributed by atoms with Crippen LogP contribution in [0.4, 0.5) is 4.79 Å². The van der Waals surface area contributed by atoms with Crippen LogP contribution in [0.5, 0.6) is 0 Å². The number of fused-ring (bicyclic) bond motifs is 1. The zero-order valence-electron chi connectivity index (χ0n) is 21.6. The Hall–Kier alpha value is -2.13. The number of amides is 2. The molecule has 7 nitrogen and oxygen atoms in total. The van der Waals surface area contributed by atoms with Crippen LogP contribution in [-0.2, 0) is 16.1 Å². The van der Waals surface area contributed by atoms with Crippen LogP contribution in [0.25, 0.3) is 11.3 Å². The fourth-order valence-electron chi connectivity index (χ4n) is 4.14. The van der Waals surface area contributed by atoms with Gasteiger partial charge in [0, 0.05) is 30.6 Å². The number of ether oxygens (including phenoxy) is 1. The molecule has 2 heterocycles. The molecule has 3 unspecified atom stereocenters. The Morgan fingerprint density at radius 1 is 1.23 bits per heavy atom. The van der Waals surface area contributed by atoms with Gasteiger partial charge in [-0.1, -0.05) is 72.2 Å². The van der Waals surface area contributed by atoms with E-state index < -0.39 is 17.7 Å². The molecule has 0 spiro atoms. The Balaban J connectivity index is 1.89. The van der Waals surface area contributed by atoms with E-state index in [0.29, 0.717) is 24.8 Å². The Morgan fingerprint density at radius 3 is 2.57 bits per heavy atom. The van der Waals surface area contributed by atoms with Crippen molar-refractivity contribution in [1.29, 1.82) is 0 Å². The van der Waals surface area contributed by atoms with Crippen LogP contribution < -0.4 is 5.32 Å². The number of carbonyl (C=O) groups excluding carboxylic acids is 2. The first-order valence-corrected chi connectivity index (χ1v) is 14.9. The second kappa shape index (κ2) is 12.2. The van der Waals surface area contributed by atoms with Crippen molar-refractivity contribution in [3.8, 4) is 11.3 Å². The molecule has 0 fully saturated rings. The Bertz CT molecular complexity index is 990. The van der Waals surface area contributed by atoms with E-state index in [0.717, 1.165) is 29.9 Å². The first-order valence-electron chi connectivity index (χ1n) is 12.2. The number of nitrogens with zero attached hydrogens (tertiary/aromatic N) is 3. The third-order valence-corrected chi connectivity index (χ3v) is 7.90. The Kier molecular flexibility index (Phi) is 9.58. The highest BCUT2D eigenvalue weighted by Gasteiger charge is 2.37. The highest BCUT2D eigenvalue weighted by molar-refractivity contribution is 8.76. The standard InChI is InChI=1S/C26H38N4O3S2/c1-7-18(2)15-22-23-27-20(19-11-9-8-10-12-19)16-29(23)13-14-30(22)24(31)21(17-35-34-6)28-25(32)33-26(3,4)5/h8-12,16,18,21-22H,7,13-15,17H2,1-6H3,(H,28,32). The molecule has 1 aromatic heterocycles. The Labute approximate surface area is 217 Å². The van der Waals surface area contributed by atoms with Crippen LogP contribution in [0, 0.1) is 5.92 Å². The number of aromatic nitrogens is 2. The molecule has 35 heavy (non-hydrogen) atoms. The minimum Gasteiger partial charge on any atom is -0.444 e. The van der Waals surface area contributed by atoms with Crippen LogP contribution in [0.3, 0.4) is 0 Å². The van der Waals surface area contributed by atoms with Gasteiger partial charge >= 0.3 is 6.09 Å². The summed E-state index contributed by atoms with van der Waals surface area (Å²) in [7, 11) is 3.13. The average molecular weight is 519 g/mol. The lowest BCUT2D eigenvalue weighted by atomic mass is 9.96. The molecular weight excluding hydrogens is 480 g/mol. The third kappa shape index (κ3) is 7.43. The summed E-state index contributed by atoms with van der Waals surface area (Å²) in [6, 6.07) is 9.31. The summed E-state index contributed by atoms with van der Waals surface area (Å²) in [6.45, 7) is 11.1. The van der Waals surface area contributed by atoms with E-state index in [1.54, 1.807) is 21.6 Å². The molecule has 1 aliphatic heterocycles. The normalized spacial score (nSPS) is 17.4. The van der Waals surface area contributed by atoms with E-state index in [1.807, 2.05) is 50.1 Å². The number of imidazole rings is 1. The lowest BCUT2D eigenvalue weighted by molar-refractivity contribution is -0.137. The molecule has 2 amide bonds. The smallest absolute Gasteiger partial charge is 0.408 e. The fourth-order valence-corrected chi connectivity index (χ4v) is 5.45. The molecule has 0 aliphatic carbocycles. The molecule has 0 bridgehead atoms. The summed E-state index contributed by atoms with van der Waals surface area (Å²) in [5.41, 5.74) is 1.36. The molecule has 2 aromatic rings. The van der Waals surface area contributed by atoms with E-state index in [4.69, 9.17) is 9.72 Å². The molecule has 0 radical (unpaired) electrons. The number of carbonyl (C=O) groups is 2. The van der Waals surface area contributed by atoms with Gasteiger partial charge in [0.1, 0.15) is 17.5 Å². The average Bonchev–Trinajstić information content (AvgIpc) is 3.26. The van der Waals surface area contributed by atoms with E-state index in [1.165, 1.54) is 0 Å². The van der Waals surface area contributed by atoms with Gasteiger partial charge in [0.25, 0.3) is 0 Å². The zero-order chi connectivity index (χ0) is 25.6. The van der Waals surface area contributed by atoms with Crippen LogP contribution in [-0.4, -0.2) is 56.6 Å². The van der Waals surface area contributed by atoms with Crippen molar-refractivity contribution in [2.45, 2.75) is 71.7 Å². The first kappa shape index (κ1) is 27.5. The van der Waals surface area contributed by atoms with Crippen molar-refractivity contribution in [2.75, 3.05) is 18.6 Å². The number of nitrogens with one attached hydrogen (secondary N) is 1. The molecule has 9 heteroatoms. The molecule has 3 atom stereocenters. The number of rotatable bonds is 9. The van der Waals surface area contributed by atoms with Gasteiger partial charge in [-0.25, -0.2) is 9.78 Å². The van der Waals surface area contributed by atoms with Gasteiger partial charge in [0.05, 0.1) is 11.7 Å². The monoisotopic (exact) mass is 518 g/mol. The van der Waals surface area contributed by atoms with E-state index in [2.05, 4.69) is 42.1 Å². The third-order valence-electron chi connectivity index (χ3n) is 6.08. The predicted molar refractivity (Wildman–Crippen MR) is 145 cm³/mol. The van der Waals surface area contributed by atoms with Crippen LogP contribution in [0.15, 0.2) is 36.5 Å². The lowest BCUT2D eigenvalue weighted by Gasteiger charge is -2.39. The second-order valence-electron chi connectivity index (χ2n) is 9.99. The van der Waals surface area contributed by atoms with E-state index in [-0.39, 0.29) is 11.9 Å². The van der Waals surface area contributed by atoms with Crippen molar-refractivity contribution in [3.05, 3.63) is 42.4 Å². The van der Waals surface area contributed by atoms with Gasteiger partial charge < -0.3 is 19.5 Å². The highest BCUT2D eigenvalue weighted by Crippen LogP contribution is 2.34. The molecular formula is C26H38N4O3S2. The highest BCUT2D eigenvalue weighted by atomic mass is 33.1. The summed E-state index contributed by atoms with van der Waals surface area (Å²) < 4.78 is 7.64. The Morgan fingerprint density at radius 2 is 1.94 bits per heavy atom. The van der Waals surface area contributed by atoms with Gasteiger partial charge in [0.15, 0.2) is 0 Å². The van der Waals surface area contributed by atoms with Crippen molar-refractivity contribution >= 4 is 33.6 Å². The van der Waals surface area contributed by atoms with E-state index >= 15 is 0 Å². The number of benzene rings is 1. The first-order chi connectivity index (χ1) is 16.6. The fraction of sp³-hybridized carbons (Fsp3) is 0.577. The quantitative estimate of drug-likeness (QED) is 0.425. The van der Waals surface area contributed by atoms with E-state index in [9.17, 15) is 9.59 Å². The minimum absolute atomic E-state index is 0.0822. The van der Waals surface area contributed by atoms with Crippen molar-refractivity contribution in [2.24, 2.45) is 5.92 Å². The summed E-state index contributed by atoms with van der Waals surface area (Å²) >= 11 is 0. The van der Waals surface area contributed by atoms with Crippen molar-refractivity contribution in [1.82, 2.24) is 19.8 Å². The van der Waals surface area contributed by atoms with Crippen LogP contribution >= 0.6 is 21.6 Å². The van der Waals surface area contributed by atoms with Crippen LogP contribution in [0.1, 0.15) is 59.3 Å². The SMILES string of the molecule is CCC(C)CC1c2nc(-c3ccccc3)cn2CCN1C(=O)C(CSSC)NC(=O)OC(C)(C)C. The molecule has 192 valence electrons. The van der Waals surface area contributed by atoms with Crippen molar-refractivity contribution in [3.63, 3.8) is 0 Å². The predicted octanol–water partition coefficient (Wildman–Crippen LogP) is 5.77. The maximum absolute atomic E-state index is 13.9. The van der Waals surface area contributed by atoms with Gasteiger partial charge in [-0.3, -0.25) is 4.79 Å². The number of hydrogen-bond acceptors (Lipinski definition) is 6. The molecule has 3 rings (SSSR count). The topological polar surface area (TPSA) is 76.5 Å². The second-order valence-corrected chi connectivity index (χ2v) is 12.6. The maximum atomic E-state index is 13.9. The molecule has 0 saturated carbocycles. The van der Waals surface area contributed by atoms with Crippen molar-refractivity contribution < 1.29 is 14.3 Å². The minimum atomic E-state index is -0.670.